The van der Waals surface area contributed by atoms with Crippen LogP contribution in [0.2, 0.25) is 5.02 Å². The van der Waals surface area contributed by atoms with E-state index < -0.39 is 0 Å². The van der Waals surface area contributed by atoms with E-state index in [1.54, 1.807) is 23.1 Å². The van der Waals surface area contributed by atoms with Crippen molar-refractivity contribution in [2.75, 3.05) is 36.4 Å². The third kappa shape index (κ3) is 4.41. The molecule has 1 aliphatic heterocycles. The molecule has 5 rings (SSSR count). The van der Waals surface area contributed by atoms with E-state index in [2.05, 4.69) is 26.1 Å². The lowest BCUT2D eigenvalue weighted by atomic mass is 10.0. The molecule has 2 amide bonds. The van der Waals surface area contributed by atoms with Crippen molar-refractivity contribution in [3.05, 3.63) is 93.8 Å². The van der Waals surface area contributed by atoms with Crippen molar-refractivity contribution in [1.29, 1.82) is 0 Å². The number of carbonyl (C=O) groups is 2. The second-order valence-corrected chi connectivity index (χ2v) is 9.28. The quantitative estimate of drug-likeness (QED) is 0.343. The van der Waals surface area contributed by atoms with Crippen LogP contribution in [0, 0.1) is 0 Å². The number of fused-ring (bicyclic) bond motifs is 1. The van der Waals surface area contributed by atoms with E-state index in [1.807, 2.05) is 48.5 Å². The van der Waals surface area contributed by atoms with Crippen LogP contribution in [0.25, 0.3) is 10.8 Å². The highest BCUT2D eigenvalue weighted by atomic mass is 79.9. The van der Waals surface area contributed by atoms with E-state index >= 15 is 0 Å². The Morgan fingerprint density at radius 1 is 0.912 bits per heavy atom. The lowest BCUT2D eigenvalue weighted by molar-refractivity contribution is 0.0714. The summed E-state index contributed by atoms with van der Waals surface area (Å²) in [6, 6.07) is 20.4. The van der Waals surface area contributed by atoms with Gasteiger partial charge in [-0.3, -0.25) is 9.59 Å². The fraction of sp³-hybridized carbons (Fsp3) is 0.154. The first kappa shape index (κ1) is 22.5. The molecule has 8 heteroatoms. The first-order valence-corrected chi connectivity index (χ1v) is 12.0. The summed E-state index contributed by atoms with van der Waals surface area (Å²) in [5.41, 5.74) is 2.09. The molecule has 1 aromatic heterocycles. The van der Waals surface area contributed by atoms with E-state index in [0.717, 1.165) is 20.9 Å². The molecule has 172 valence electrons. The summed E-state index contributed by atoms with van der Waals surface area (Å²) in [6.45, 7) is 2.46. The monoisotopic (exact) mass is 537 g/mol. The summed E-state index contributed by atoms with van der Waals surface area (Å²) in [5.74, 6) is 0.0528. The Balaban J connectivity index is 1.27. The Morgan fingerprint density at radius 2 is 1.68 bits per heavy atom. The van der Waals surface area contributed by atoms with Gasteiger partial charge in [-0.25, -0.2) is 0 Å². The molecule has 0 radical (unpaired) electrons. The van der Waals surface area contributed by atoms with Gasteiger partial charge in [-0.1, -0.05) is 51.8 Å². The zero-order valence-electron chi connectivity index (χ0n) is 18.1. The first-order chi connectivity index (χ1) is 16.5. The number of furan rings is 1. The van der Waals surface area contributed by atoms with Crippen LogP contribution >= 0.6 is 27.5 Å². The molecule has 0 spiro atoms. The molecular weight excluding hydrogens is 518 g/mol. The minimum absolute atomic E-state index is 0.103. The minimum atomic E-state index is -0.197. The van der Waals surface area contributed by atoms with Crippen LogP contribution in [-0.2, 0) is 0 Å². The second kappa shape index (κ2) is 9.52. The molecule has 1 fully saturated rings. The molecule has 0 atom stereocenters. The minimum Gasteiger partial charge on any atom is -0.459 e. The van der Waals surface area contributed by atoms with Crippen molar-refractivity contribution in [2.45, 2.75) is 0 Å². The summed E-state index contributed by atoms with van der Waals surface area (Å²) in [5, 5.41) is 5.36. The molecule has 34 heavy (non-hydrogen) atoms. The maximum Gasteiger partial charge on any atom is 0.289 e. The number of nitrogens with one attached hydrogen (secondary N) is 1. The molecule has 2 heterocycles. The van der Waals surface area contributed by atoms with Crippen LogP contribution in [-0.4, -0.2) is 42.9 Å². The van der Waals surface area contributed by atoms with Gasteiger partial charge in [-0.15, -0.1) is 0 Å². The van der Waals surface area contributed by atoms with Gasteiger partial charge in [-0.05, 0) is 53.2 Å². The van der Waals surface area contributed by atoms with Crippen LogP contribution in [0.5, 0.6) is 0 Å². The number of nitrogens with zero attached hydrogens (tertiary/aromatic N) is 2. The molecule has 6 nitrogen and oxygen atoms in total. The van der Waals surface area contributed by atoms with E-state index in [4.69, 9.17) is 16.0 Å². The smallest absolute Gasteiger partial charge is 0.289 e. The molecule has 1 saturated heterocycles. The fourth-order valence-corrected chi connectivity index (χ4v) is 5.01. The zero-order chi connectivity index (χ0) is 23.7. The second-order valence-electron chi connectivity index (χ2n) is 8.02. The number of carbonyl (C=O) groups excluding carboxylic acids is 2. The summed E-state index contributed by atoms with van der Waals surface area (Å²) in [6.07, 6.45) is 1.50. The number of piperazine rings is 1. The predicted octanol–water partition coefficient (Wildman–Crippen LogP) is 6.06. The van der Waals surface area contributed by atoms with Gasteiger partial charge in [0.05, 0.1) is 17.0 Å². The van der Waals surface area contributed by atoms with Gasteiger partial charge in [0.25, 0.3) is 11.8 Å². The van der Waals surface area contributed by atoms with E-state index in [1.165, 1.54) is 6.26 Å². The Bertz CT molecular complexity index is 1370. The van der Waals surface area contributed by atoms with Crippen molar-refractivity contribution in [3.8, 4) is 0 Å². The SMILES string of the molecule is O=C(Nc1ccc(N2CCN(C(=O)c3ccco3)CC2)c(Cl)c1)c1cccc2c(Br)cccc12. The molecule has 1 aliphatic rings. The zero-order valence-corrected chi connectivity index (χ0v) is 20.5. The third-order valence-corrected chi connectivity index (χ3v) is 6.95. The van der Waals surface area contributed by atoms with Crippen molar-refractivity contribution in [2.24, 2.45) is 0 Å². The maximum atomic E-state index is 13.0. The Morgan fingerprint density at radius 3 is 2.41 bits per heavy atom. The number of hydrogen-bond donors (Lipinski definition) is 1. The topological polar surface area (TPSA) is 65.8 Å². The number of hydrogen-bond acceptors (Lipinski definition) is 4. The first-order valence-electron chi connectivity index (χ1n) is 10.9. The van der Waals surface area contributed by atoms with Crippen molar-refractivity contribution < 1.29 is 14.0 Å². The molecule has 0 bridgehead atoms. The third-order valence-electron chi connectivity index (χ3n) is 5.96. The molecule has 0 saturated carbocycles. The van der Waals surface area contributed by atoms with E-state index in [-0.39, 0.29) is 11.8 Å². The summed E-state index contributed by atoms with van der Waals surface area (Å²) >= 11 is 10.1. The van der Waals surface area contributed by atoms with Crippen LogP contribution in [0.3, 0.4) is 0 Å². The van der Waals surface area contributed by atoms with Crippen molar-refractivity contribution >= 4 is 61.5 Å². The Kier molecular flexibility index (Phi) is 6.30. The van der Waals surface area contributed by atoms with Crippen LogP contribution in [0.1, 0.15) is 20.9 Å². The summed E-state index contributed by atoms with van der Waals surface area (Å²) in [4.78, 5) is 29.4. The van der Waals surface area contributed by atoms with Gasteiger partial charge in [0.2, 0.25) is 0 Å². The molecule has 4 aromatic rings. The van der Waals surface area contributed by atoms with E-state index in [9.17, 15) is 9.59 Å². The lowest BCUT2D eigenvalue weighted by Gasteiger charge is -2.36. The van der Waals surface area contributed by atoms with Gasteiger partial charge >= 0.3 is 0 Å². The molecule has 3 aromatic carbocycles. The number of amides is 2. The van der Waals surface area contributed by atoms with Gasteiger partial charge in [-0.2, -0.15) is 0 Å². The highest BCUT2D eigenvalue weighted by Crippen LogP contribution is 2.31. The van der Waals surface area contributed by atoms with Gasteiger partial charge < -0.3 is 19.5 Å². The summed E-state index contributed by atoms with van der Waals surface area (Å²) < 4.78 is 6.17. The van der Waals surface area contributed by atoms with Crippen LogP contribution in [0.15, 0.2) is 81.9 Å². The maximum absolute atomic E-state index is 13.0. The molecule has 1 N–H and O–H groups in total. The van der Waals surface area contributed by atoms with Crippen LogP contribution in [0.4, 0.5) is 11.4 Å². The normalized spacial score (nSPS) is 13.8. The van der Waals surface area contributed by atoms with Gasteiger partial charge in [0.1, 0.15) is 0 Å². The lowest BCUT2D eigenvalue weighted by Crippen LogP contribution is -2.48. The molecular formula is C26H21BrClN3O3. The molecule has 0 unspecified atom stereocenters. The number of anilines is 2. The van der Waals surface area contributed by atoms with Crippen LogP contribution < -0.4 is 10.2 Å². The largest absolute Gasteiger partial charge is 0.459 e. The highest BCUT2D eigenvalue weighted by Gasteiger charge is 2.25. The van der Waals surface area contributed by atoms with Gasteiger partial charge in [0.15, 0.2) is 5.76 Å². The highest BCUT2D eigenvalue weighted by molar-refractivity contribution is 9.10. The predicted molar refractivity (Wildman–Crippen MR) is 138 cm³/mol. The van der Waals surface area contributed by atoms with Crippen molar-refractivity contribution in [3.63, 3.8) is 0 Å². The van der Waals surface area contributed by atoms with Gasteiger partial charge in [0, 0.05) is 41.9 Å². The number of halogens is 2. The Labute approximate surface area is 210 Å². The number of benzene rings is 3. The van der Waals surface area contributed by atoms with E-state index in [0.29, 0.717) is 48.2 Å². The average Bonchev–Trinajstić information content (AvgIpc) is 3.39. The fourth-order valence-electron chi connectivity index (χ4n) is 4.22. The Hall–Kier alpha value is -3.29. The summed E-state index contributed by atoms with van der Waals surface area (Å²) in [7, 11) is 0. The standard InChI is InChI=1S/C26H21BrClN3O3/c27-21-7-2-4-18-19(21)5-1-6-20(18)25(32)29-17-9-10-23(22(28)16-17)30-11-13-31(14-12-30)26(33)24-8-3-15-34-24/h1-10,15-16H,11-14H2,(H,29,32). The van der Waals surface area contributed by atoms with Crippen molar-refractivity contribution in [1.82, 2.24) is 4.90 Å². The average molecular weight is 539 g/mol. The molecule has 0 aliphatic carbocycles. The number of rotatable bonds is 4.